The Bertz CT molecular complexity index is 1190. The number of fused-ring (bicyclic) bond motifs is 1. The van der Waals surface area contributed by atoms with Crippen molar-refractivity contribution in [2.45, 2.75) is 0 Å². The van der Waals surface area contributed by atoms with Crippen molar-refractivity contribution in [3.63, 3.8) is 0 Å². The van der Waals surface area contributed by atoms with E-state index in [1.165, 1.54) is 0 Å². The predicted octanol–water partition coefficient (Wildman–Crippen LogP) is 5.22. The Morgan fingerprint density at radius 3 is 1.72 bits per heavy atom. The maximum atomic E-state index is 12.5. The molecule has 0 aliphatic heterocycles. The minimum Gasteiger partial charge on any atom is -0.445 e. The molecule has 0 atom stereocenters. The second-order valence-electron chi connectivity index (χ2n) is 7.12. The molecule has 0 saturated carbocycles. The molecule has 3 aromatic rings. The molecule has 0 aliphatic rings. The van der Waals surface area contributed by atoms with E-state index in [1.54, 1.807) is 18.6 Å². The van der Waals surface area contributed by atoms with Crippen LogP contribution in [0.25, 0.3) is 10.8 Å². The van der Waals surface area contributed by atoms with Gasteiger partial charge in [-0.3, -0.25) is 4.79 Å². The molecular formula is C20H15BF8O2S. The summed E-state index contributed by atoms with van der Waals surface area (Å²) in [6.07, 6.45) is 3.23. The van der Waals surface area contributed by atoms with Gasteiger partial charge in [0.1, 0.15) is 24.1 Å². The highest BCUT2D eigenvalue weighted by atomic mass is 32.2. The molecule has 0 aliphatic carbocycles. The van der Waals surface area contributed by atoms with Gasteiger partial charge in [-0.1, -0.05) is 36.4 Å². The van der Waals surface area contributed by atoms with Gasteiger partial charge in [0.2, 0.25) is 5.78 Å². The fourth-order valence-electron chi connectivity index (χ4n) is 2.67. The number of hydrogen-bond donors (Lipinski definition) is 0. The van der Waals surface area contributed by atoms with Crippen LogP contribution in [0, 0.1) is 29.1 Å². The minimum absolute atomic E-state index is 0.0502. The van der Waals surface area contributed by atoms with Crippen LogP contribution < -0.4 is 5.46 Å². The first-order chi connectivity index (χ1) is 14.6. The van der Waals surface area contributed by atoms with Crippen molar-refractivity contribution in [3.05, 3.63) is 77.1 Å². The van der Waals surface area contributed by atoms with Gasteiger partial charge in [-0.15, -0.1) is 4.21 Å². The third-order valence-corrected chi connectivity index (χ3v) is 5.08. The summed E-state index contributed by atoms with van der Waals surface area (Å²) in [5, 5.41) is 2.15. The lowest BCUT2D eigenvalue weighted by Crippen LogP contribution is -2.41. The van der Waals surface area contributed by atoms with E-state index in [2.05, 4.69) is 0 Å². The van der Waals surface area contributed by atoms with Gasteiger partial charge in [-0.2, -0.15) is 0 Å². The van der Waals surface area contributed by atoms with Crippen molar-refractivity contribution >= 4 is 38.9 Å². The summed E-state index contributed by atoms with van der Waals surface area (Å²) in [7, 11) is -2.02. The van der Waals surface area contributed by atoms with Crippen LogP contribution in [-0.4, -0.2) is 31.0 Å². The summed E-state index contributed by atoms with van der Waals surface area (Å²) in [6, 6.07) is 13.5. The fraction of sp³-hybridized carbons (Fsp3) is 0.150. The molecule has 3 aromatic carbocycles. The monoisotopic (exact) mass is 482 g/mol. The number of carbonyl (C=O) groups is 1. The van der Waals surface area contributed by atoms with Crippen LogP contribution >= 0.6 is 0 Å². The summed E-state index contributed by atoms with van der Waals surface area (Å²) >= 11 is 0. The van der Waals surface area contributed by atoms with Gasteiger partial charge in [0.15, 0.2) is 23.2 Å². The van der Waals surface area contributed by atoms with Crippen LogP contribution in [-0.2, 0) is 14.1 Å². The fourth-order valence-corrected chi connectivity index (χ4v) is 3.47. The van der Waals surface area contributed by atoms with E-state index in [0.29, 0.717) is 5.56 Å². The Morgan fingerprint density at radius 1 is 0.781 bits per heavy atom. The van der Waals surface area contributed by atoms with E-state index in [1.807, 2.05) is 36.4 Å². The molecule has 0 amide bonds. The van der Waals surface area contributed by atoms with Gasteiger partial charge in [-0.05, 0) is 22.3 Å². The number of benzene rings is 3. The quantitative estimate of drug-likeness (QED) is 0.128. The van der Waals surface area contributed by atoms with Crippen LogP contribution in [0.2, 0.25) is 0 Å². The van der Waals surface area contributed by atoms with Gasteiger partial charge in [0.05, 0.1) is 9.93 Å². The van der Waals surface area contributed by atoms with E-state index in [4.69, 9.17) is 0 Å². The molecule has 172 valence electrons. The van der Waals surface area contributed by atoms with Crippen LogP contribution in [0.4, 0.5) is 34.9 Å². The van der Waals surface area contributed by atoms with Crippen molar-refractivity contribution in [2.75, 3.05) is 18.3 Å². The first-order valence-electron chi connectivity index (χ1n) is 8.78. The lowest BCUT2D eigenvalue weighted by atomic mass is 9.79. The zero-order chi connectivity index (χ0) is 24.4. The Labute approximate surface area is 178 Å². The highest BCUT2D eigenvalue weighted by molar-refractivity contribution is 8.02. The van der Waals surface area contributed by atoms with E-state index < -0.39 is 51.5 Å². The second kappa shape index (κ2) is 9.39. The number of ketones is 1. The van der Waals surface area contributed by atoms with Gasteiger partial charge in [-0.25, -0.2) is 22.0 Å². The zero-order valence-corrected chi connectivity index (χ0v) is 17.4. The lowest BCUT2D eigenvalue weighted by Gasteiger charge is -2.17. The normalized spacial score (nSPS) is 11.8. The predicted molar refractivity (Wildman–Crippen MR) is 108 cm³/mol. The first kappa shape index (κ1) is 25.5. The molecule has 0 heterocycles. The molecule has 0 fully saturated rings. The SMILES string of the molecule is C[S+](C)(=O)CC(=O)c1ccc2ccccc2c1.Fc1c(F)c(F)c([B-](F)(F)F)c(F)c1F. The van der Waals surface area contributed by atoms with E-state index in [0.717, 1.165) is 10.8 Å². The Kier molecular flexibility index (Phi) is 7.49. The van der Waals surface area contributed by atoms with Crippen LogP contribution in [0.5, 0.6) is 0 Å². The minimum atomic E-state index is -6.30. The summed E-state index contributed by atoms with van der Waals surface area (Å²) < 4.78 is 109. The number of Topliss-reactive ketones (excluding diaryl/α,β-unsaturated/α-hetero) is 1. The molecule has 3 rings (SSSR count). The standard InChI is InChI=1S/C14H15O2S.C6BF8/c1-17(2,16)10-14(15)13-8-7-11-5-3-4-6-12(11)9-13;8-2-1(7(13,14)15)3(9)5(11)6(12)4(2)10/h3-9H,10H2,1-2H3;/q+1;-1. The summed E-state index contributed by atoms with van der Waals surface area (Å²) in [6.45, 7) is -6.30. The largest absolute Gasteiger partial charge is 0.515 e. The van der Waals surface area contributed by atoms with Crippen molar-refractivity contribution in [2.24, 2.45) is 0 Å². The van der Waals surface area contributed by atoms with E-state index in [9.17, 15) is 43.9 Å². The van der Waals surface area contributed by atoms with Crippen LogP contribution in [0.1, 0.15) is 10.4 Å². The van der Waals surface area contributed by atoms with E-state index >= 15 is 0 Å². The van der Waals surface area contributed by atoms with Crippen molar-refractivity contribution in [3.8, 4) is 0 Å². The molecule has 2 nitrogen and oxygen atoms in total. The van der Waals surface area contributed by atoms with Gasteiger partial charge >= 0.3 is 6.98 Å². The van der Waals surface area contributed by atoms with Crippen LogP contribution in [0.15, 0.2) is 42.5 Å². The van der Waals surface area contributed by atoms with Crippen LogP contribution in [0.3, 0.4) is 0 Å². The number of rotatable bonds is 4. The molecule has 0 saturated heterocycles. The highest BCUT2D eigenvalue weighted by Gasteiger charge is 2.37. The summed E-state index contributed by atoms with van der Waals surface area (Å²) in [5.41, 5.74) is -2.09. The Morgan fingerprint density at radius 2 is 1.25 bits per heavy atom. The highest BCUT2D eigenvalue weighted by Crippen LogP contribution is 2.21. The third-order valence-electron chi connectivity index (χ3n) is 4.12. The summed E-state index contributed by atoms with van der Waals surface area (Å²) in [4.78, 5) is 11.9. The average molecular weight is 482 g/mol. The second-order valence-corrected chi connectivity index (χ2v) is 10.3. The molecule has 0 bridgehead atoms. The molecule has 0 N–H and O–H groups in total. The third kappa shape index (κ3) is 5.93. The molecule has 12 heteroatoms. The zero-order valence-electron chi connectivity index (χ0n) is 16.6. The van der Waals surface area contributed by atoms with Crippen molar-refractivity contribution in [1.82, 2.24) is 0 Å². The van der Waals surface area contributed by atoms with Crippen molar-refractivity contribution in [1.29, 1.82) is 0 Å². The first-order valence-corrected chi connectivity index (χ1v) is 11.3. The topological polar surface area (TPSA) is 34.1 Å². The van der Waals surface area contributed by atoms with Gasteiger partial charge in [0, 0.05) is 5.56 Å². The lowest BCUT2D eigenvalue weighted by molar-refractivity contribution is 0.102. The molecule has 32 heavy (non-hydrogen) atoms. The smallest absolute Gasteiger partial charge is 0.445 e. The van der Waals surface area contributed by atoms with Crippen molar-refractivity contribution < 1.29 is 43.9 Å². The average Bonchev–Trinajstić information content (AvgIpc) is 2.68. The number of carbonyl (C=O) groups excluding carboxylic acids is 1. The maximum absolute atomic E-state index is 12.5. The van der Waals surface area contributed by atoms with Gasteiger partial charge < -0.3 is 12.9 Å². The Balaban J connectivity index is 0.000000229. The molecule has 0 aromatic heterocycles. The molecule has 0 unspecified atom stereocenters. The number of halogens is 8. The maximum Gasteiger partial charge on any atom is 0.515 e. The summed E-state index contributed by atoms with van der Waals surface area (Å²) in [5.74, 6) is -13.5. The van der Waals surface area contributed by atoms with Gasteiger partial charge in [0.25, 0.3) is 0 Å². The molecule has 0 radical (unpaired) electrons. The molecular weight excluding hydrogens is 467 g/mol. The Hall–Kier alpha value is -2.76. The van der Waals surface area contributed by atoms with E-state index in [-0.39, 0.29) is 11.5 Å². The molecule has 0 spiro atoms. The number of hydrogen-bond acceptors (Lipinski definition) is 2.